The smallest absolute Gasteiger partial charge is 0.328 e. The maximum atomic E-state index is 12.1. The first kappa shape index (κ1) is 14.3. The molecular weight excluding hydrogens is 328 g/mol. The molecule has 1 aromatic carbocycles. The number of rotatable bonds is 2. The van der Waals surface area contributed by atoms with Gasteiger partial charge in [0.1, 0.15) is 0 Å². The predicted octanol–water partition coefficient (Wildman–Crippen LogP) is 1.18. The molecule has 2 rings (SSSR count). The largest absolute Gasteiger partial charge is 0.351 e. The van der Waals surface area contributed by atoms with E-state index < -0.39 is 24.1 Å². The Kier molecular flexibility index (Phi) is 3.67. The van der Waals surface area contributed by atoms with E-state index in [1.54, 1.807) is 24.3 Å². The highest BCUT2D eigenvalue weighted by Crippen LogP contribution is 2.26. The number of carbonyl (C=O) groups excluding carboxylic acids is 3. The molecule has 7 nitrogen and oxygen atoms in total. The SMILES string of the molecule is CN1C(=O)C(N(C(N)=O)c2cccc(Br)c2)N(C)C1=O. The van der Waals surface area contributed by atoms with Gasteiger partial charge in [0.25, 0.3) is 5.91 Å². The highest BCUT2D eigenvalue weighted by atomic mass is 79.9. The fraction of sp³-hybridized carbons (Fsp3) is 0.250. The van der Waals surface area contributed by atoms with E-state index in [4.69, 9.17) is 5.73 Å². The van der Waals surface area contributed by atoms with Crippen molar-refractivity contribution in [3.63, 3.8) is 0 Å². The minimum Gasteiger partial charge on any atom is -0.351 e. The molecule has 5 amide bonds. The summed E-state index contributed by atoms with van der Waals surface area (Å²) in [5, 5.41) is 0. The Morgan fingerprint density at radius 1 is 1.35 bits per heavy atom. The second-order valence-electron chi connectivity index (χ2n) is 4.35. The zero-order valence-corrected chi connectivity index (χ0v) is 12.5. The van der Waals surface area contributed by atoms with Crippen molar-refractivity contribution in [2.45, 2.75) is 6.17 Å². The number of likely N-dealkylation sites (N-methyl/N-ethyl adjacent to an activating group) is 2. The average molecular weight is 341 g/mol. The summed E-state index contributed by atoms with van der Waals surface area (Å²) in [4.78, 5) is 38.9. The van der Waals surface area contributed by atoms with Crippen LogP contribution >= 0.6 is 15.9 Å². The number of urea groups is 2. The van der Waals surface area contributed by atoms with Gasteiger partial charge in [-0.3, -0.25) is 19.5 Å². The van der Waals surface area contributed by atoms with Crippen LogP contribution in [-0.2, 0) is 4.79 Å². The van der Waals surface area contributed by atoms with Crippen LogP contribution in [0, 0.1) is 0 Å². The van der Waals surface area contributed by atoms with Gasteiger partial charge in [-0.05, 0) is 18.2 Å². The first-order chi connectivity index (χ1) is 9.34. The summed E-state index contributed by atoms with van der Waals surface area (Å²) < 4.78 is 0.731. The van der Waals surface area contributed by atoms with Crippen molar-refractivity contribution in [2.24, 2.45) is 5.73 Å². The number of imide groups is 1. The molecule has 20 heavy (non-hydrogen) atoms. The van der Waals surface area contributed by atoms with Gasteiger partial charge in [0.05, 0.1) is 0 Å². The second kappa shape index (κ2) is 5.12. The molecule has 1 atom stereocenters. The Morgan fingerprint density at radius 3 is 2.45 bits per heavy atom. The molecule has 0 aromatic heterocycles. The van der Waals surface area contributed by atoms with E-state index in [1.165, 1.54) is 19.0 Å². The van der Waals surface area contributed by atoms with Gasteiger partial charge in [0, 0.05) is 24.3 Å². The van der Waals surface area contributed by atoms with Crippen LogP contribution in [-0.4, -0.2) is 48.0 Å². The number of nitrogens with zero attached hydrogens (tertiary/aromatic N) is 3. The number of halogens is 1. The fourth-order valence-electron chi connectivity index (χ4n) is 2.07. The van der Waals surface area contributed by atoms with Crippen molar-refractivity contribution in [3.05, 3.63) is 28.7 Å². The maximum Gasteiger partial charge on any atom is 0.328 e. The van der Waals surface area contributed by atoms with Crippen molar-refractivity contribution in [2.75, 3.05) is 19.0 Å². The highest BCUT2D eigenvalue weighted by Gasteiger charge is 2.46. The van der Waals surface area contributed by atoms with Gasteiger partial charge in [-0.25, -0.2) is 9.59 Å². The number of benzene rings is 1. The Balaban J connectivity index is 2.47. The third-order valence-corrected chi connectivity index (χ3v) is 3.57. The fourth-order valence-corrected chi connectivity index (χ4v) is 2.46. The zero-order chi connectivity index (χ0) is 15.0. The molecule has 0 radical (unpaired) electrons. The molecule has 1 saturated heterocycles. The number of anilines is 1. The molecule has 0 saturated carbocycles. The van der Waals surface area contributed by atoms with Gasteiger partial charge in [0.2, 0.25) is 0 Å². The normalized spacial score (nSPS) is 18.6. The van der Waals surface area contributed by atoms with Crippen LogP contribution in [0.2, 0.25) is 0 Å². The van der Waals surface area contributed by atoms with Crippen molar-refractivity contribution in [1.82, 2.24) is 9.80 Å². The van der Waals surface area contributed by atoms with E-state index in [1.807, 2.05) is 0 Å². The van der Waals surface area contributed by atoms with Crippen molar-refractivity contribution in [3.8, 4) is 0 Å². The first-order valence-corrected chi connectivity index (χ1v) is 6.52. The number of nitrogens with two attached hydrogens (primary N) is 1. The molecule has 1 aromatic rings. The van der Waals surface area contributed by atoms with Gasteiger partial charge in [-0.1, -0.05) is 22.0 Å². The average Bonchev–Trinajstić information content (AvgIpc) is 2.57. The van der Waals surface area contributed by atoms with Crippen molar-refractivity contribution in [1.29, 1.82) is 0 Å². The van der Waals surface area contributed by atoms with Crippen LogP contribution in [0.4, 0.5) is 15.3 Å². The number of carbonyl (C=O) groups is 3. The lowest BCUT2D eigenvalue weighted by Gasteiger charge is -2.29. The lowest BCUT2D eigenvalue weighted by Crippen LogP contribution is -2.53. The van der Waals surface area contributed by atoms with E-state index in [0.717, 1.165) is 14.3 Å². The van der Waals surface area contributed by atoms with Crippen LogP contribution in [0.25, 0.3) is 0 Å². The van der Waals surface area contributed by atoms with E-state index in [-0.39, 0.29) is 0 Å². The van der Waals surface area contributed by atoms with Gasteiger partial charge < -0.3 is 5.73 Å². The summed E-state index contributed by atoms with van der Waals surface area (Å²) >= 11 is 3.29. The molecule has 106 valence electrons. The van der Waals surface area contributed by atoms with Crippen molar-refractivity contribution >= 4 is 39.6 Å². The van der Waals surface area contributed by atoms with Crippen LogP contribution in [0.5, 0.6) is 0 Å². The summed E-state index contributed by atoms with van der Waals surface area (Å²) in [6.07, 6.45) is -1.07. The third kappa shape index (κ3) is 2.22. The topological polar surface area (TPSA) is 87.0 Å². The second-order valence-corrected chi connectivity index (χ2v) is 5.27. The Labute approximate surface area is 124 Å². The van der Waals surface area contributed by atoms with E-state index >= 15 is 0 Å². The molecule has 8 heteroatoms. The molecule has 1 unspecified atom stereocenters. The quantitative estimate of drug-likeness (QED) is 0.820. The van der Waals surface area contributed by atoms with Gasteiger partial charge >= 0.3 is 12.1 Å². The standard InChI is InChI=1S/C12H13BrN4O3/c1-15-9(10(18)16(2)12(15)20)17(11(14)19)8-5-3-4-7(13)6-8/h3-6,9H,1-2H3,(H2,14,19). The molecule has 1 heterocycles. The highest BCUT2D eigenvalue weighted by molar-refractivity contribution is 9.10. The van der Waals surface area contributed by atoms with E-state index in [2.05, 4.69) is 15.9 Å². The minimum absolute atomic E-state index is 0.431. The Morgan fingerprint density at radius 2 is 2.00 bits per heavy atom. The summed E-state index contributed by atoms with van der Waals surface area (Å²) in [6.45, 7) is 0. The molecule has 1 fully saturated rings. The van der Waals surface area contributed by atoms with Gasteiger partial charge in [-0.2, -0.15) is 0 Å². The zero-order valence-electron chi connectivity index (χ0n) is 10.9. The summed E-state index contributed by atoms with van der Waals surface area (Å²) in [7, 11) is 2.81. The summed E-state index contributed by atoms with van der Waals surface area (Å²) in [5.74, 6) is -0.503. The van der Waals surface area contributed by atoms with Crippen LogP contribution in [0.3, 0.4) is 0 Å². The van der Waals surface area contributed by atoms with E-state index in [0.29, 0.717) is 5.69 Å². The summed E-state index contributed by atoms with van der Waals surface area (Å²) in [6, 6.07) is 5.48. The molecule has 0 spiro atoms. The first-order valence-electron chi connectivity index (χ1n) is 5.73. The van der Waals surface area contributed by atoms with E-state index in [9.17, 15) is 14.4 Å². The number of hydrogen-bond donors (Lipinski definition) is 1. The Bertz CT molecular complexity index is 592. The third-order valence-electron chi connectivity index (χ3n) is 3.08. The molecule has 1 aliphatic heterocycles. The maximum absolute atomic E-state index is 12.1. The monoisotopic (exact) mass is 340 g/mol. The summed E-state index contributed by atoms with van der Waals surface area (Å²) in [5.41, 5.74) is 5.81. The molecule has 0 bridgehead atoms. The lowest BCUT2D eigenvalue weighted by atomic mass is 10.2. The van der Waals surface area contributed by atoms with Crippen LogP contribution in [0.1, 0.15) is 0 Å². The van der Waals surface area contributed by atoms with Crippen LogP contribution < -0.4 is 10.6 Å². The molecule has 0 aliphatic carbocycles. The Hall–Kier alpha value is -2.09. The van der Waals surface area contributed by atoms with Crippen LogP contribution in [0.15, 0.2) is 28.7 Å². The van der Waals surface area contributed by atoms with Crippen molar-refractivity contribution < 1.29 is 14.4 Å². The number of hydrogen-bond acceptors (Lipinski definition) is 3. The molecule has 1 aliphatic rings. The predicted molar refractivity (Wildman–Crippen MR) is 75.9 cm³/mol. The molecule has 2 N–H and O–H groups in total. The lowest BCUT2D eigenvalue weighted by molar-refractivity contribution is -0.127. The number of amides is 5. The minimum atomic E-state index is -1.07. The molecular formula is C12H13BrN4O3. The number of primary amides is 1. The van der Waals surface area contributed by atoms with Gasteiger partial charge in [-0.15, -0.1) is 0 Å². The van der Waals surface area contributed by atoms with Gasteiger partial charge in [0.15, 0.2) is 6.17 Å².